The Labute approximate surface area is 188 Å². The summed E-state index contributed by atoms with van der Waals surface area (Å²) in [5.41, 5.74) is 3.73. The molecule has 3 aliphatic rings. The highest BCUT2D eigenvalue weighted by Crippen LogP contribution is 2.50. The Morgan fingerprint density at radius 2 is 1.91 bits per heavy atom. The van der Waals surface area contributed by atoms with Crippen LogP contribution in [-0.2, 0) is 9.59 Å². The molecule has 0 bridgehead atoms. The van der Waals surface area contributed by atoms with Crippen LogP contribution < -0.4 is 5.32 Å². The molecule has 3 aromatic rings. The van der Waals surface area contributed by atoms with Crippen LogP contribution >= 0.6 is 0 Å². The highest BCUT2D eigenvalue weighted by molar-refractivity contribution is 6.01. The van der Waals surface area contributed by atoms with Crippen LogP contribution in [0.4, 0.5) is 4.39 Å². The highest BCUT2D eigenvalue weighted by Gasteiger charge is 2.49. The number of benzene rings is 2. The van der Waals surface area contributed by atoms with Crippen LogP contribution in [0.5, 0.6) is 0 Å². The van der Waals surface area contributed by atoms with E-state index in [2.05, 4.69) is 16.4 Å². The Hall–Kier alpha value is -3.81. The summed E-state index contributed by atoms with van der Waals surface area (Å²) in [5, 5.41) is 2.31. The lowest BCUT2D eigenvalue weighted by atomic mass is 9.64. The van der Waals surface area contributed by atoms with E-state index in [9.17, 15) is 18.8 Å². The van der Waals surface area contributed by atoms with E-state index < -0.39 is 11.8 Å². The van der Waals surface area contributed by atoms with Crippen LogP contribution in [0, 0.1) is 11.2 Å². The third-order valence-corrected chi connectivity index (χ3v) is 6.73. The van der Waals surface area contributed by atoms with E-state index in [4.69, 9.17) is 4.42 Å². The Morgan fingerprint density at radius 1 is 1.15 bits per heavy atom. The number of nitrogens with zero attached hydrogens (tertiary/aromatic N) is 2. The maximum Gasteiger partial charge on any atom is 0.254 e. The summed E-state index contributed by atoms with van der Waals surface area (Å²) in [6.45, 7) is 1.29. The van der Waals surface area contributed by atoms with E-state index in [1.165, 1.54) is 17.7 Å². The topological polar surface area (TPSA) is 92.5 Å². The second-order valence-corrected chi connectivity index (χ2v) is 9.12. The van der Waals surface area contributed by atoms with Crippen LogP contribution in [0.15, 0.2) is 53.0 Å². The zero-order chi connectivity index (χ0) is 22.7. The lowest BCUT2D eigenvalue weighted by Gasteiger charge is -2.54. The van der Waals surface area contributed by atoms with Crippen molar-refractivity contribution in [2.75, 3.05) is 13.1 Å². The molecule has 6 rings (SSSR count). The maximum atomic E-state index is 13.1. The van der Waals surface area contributed by atoms with Gasteiger partial charge in [-0.3, -0.25) is 19.7 Å². The van der Waals surface area contributed by atoms with Gasteiger partial charge in [0.05, 0.1) is 0 Å². The Balaban J connectivity index is 1.15. The summed E-state index contributed by atoms with van der Waals surface area (Å²) >= 11 is 0. The van der Waals surface area contributed by atoms with Gasteiger partial charge in [0.15, 0.2) is 5.58 Å². The van der Waals surface area contributed by atoms with Gasteiger partial charge in [-0.2, -0.15) is 0 Å². The SMILES string of the molecule is O=C1CCC(c2nc3ccc(C(=O)N4CC5(C=C(c6ccc(F)cc6)C5)C4)cc3o2)C(=O)N1. The van der Waals surface area contributed by atoms with E-state index in [1.54, 1.807) is 35.2 Å². The van der Waals surface area contributed by atoms with Gasteiger partial charge in [-0.15, -0.1) is 0 Å². The zero-order valence-electron chi connectivity index (χ0n) is 17.6. The number of likely N-dealkylation sites (tertiary alicyclic amines) is 1. The van der Waals surface area contributed by atoms with E-state index >= 15 is 0 Å². The van der Waals surface area contributed by atoms with Crippen LogP contribution in [0.3, 0.4) is 0 Å². The Kier molecular flexibility index (Phi) is 4.27. The van der Waals surface area contributed by atoms with Crippen LogP contribution in [-0.4, -0.2) is 40.7 Å². The summed E-state index contributed by atoms with van der Waals surface area (Å²) in [6, 6.07) is 11.6. The van der Waals surface area contributed by atoms with Crippen LogP contribution in [0.25, 0.3) is 16.7 Å². The molecule has 3 heterocycles. The number of oxazole rings is 1. The minimum absolute atomic E-state index is 0.00860. The molecule has 33 heavy (non-hydrogen) atoms. The van der Waals surface area contributed by atoms with Gasteiger partial charge in [0.1, 0.15) is 17.3 Å². The van der Waals surface area contributed by atoms with Gasteiger partial charge in [0, 0.05) is 30.5 Å². The molecule has 7 nitrogen and oxygen atoms in total. The van der Waals surface area contributed by atoms with E-state index in [1.807, 2.05) is 0 Å². The number of piperidine rings is 1. The van der Waals surface area contributed by atoms with Crippen molar-refractivity contribution in [1.29, 1.82) is 0 Å². The fourth-order valence-electron chi connectivity index (χ4n) is 4.97. The molecule has 0 radical (unpaired) electrons. The molecule has 2 saturated heterocycles. The van der Waals surface area contributed by atoms with Crippen molar-refractivity contribution in [1.82, 2.24) is 15.2 Å². The molecule has 2 aromatic carbocycles. The summed E-state index contributed by atoms with van der Waals surface area (Å²) < 4.78 is 18.9. The number of hydrogen-bond acceptors (Lipinski definition) is 5. The number of rotatable bonds is 3. The predicted octanol–water partition coefficient (Wildman–Crippen LogP) is 3.42. The fraction of sp³-hybridized carbons (Fsp3) is 0.280. The van der Waals surface area contributed by atoms with Crippen molar-refractivity contribution >= 4 is 34.4 Å². The molecule has 166 valence electrons. The lowest BCUT2D eigenvalue weighted by molar-refractivity contribution is -0.134. The number of carbonyl (C=O) groups is 3. The first-order chi connectivity index (χ1) is 15.9. The normalized spacial score (nSPS) is 21.4. The first kappa shape index (κ1) is 19.8. The van der Waals surface area contributed by atoms with Crippen molar-refractivity contribution in [3.8, 4) is 0 Å². The summed E-state index contributed by atoms with van der Waals surface area (Å²) in [5.74, 6) is -1.38. The van der Waals surface area contributed by atoms with E-state index in [0.29, 0.717) is 36.2 Å². The summed E-state index contributed by atoms with van der Waals surface area (Å²) in [6.07, 6.45) is 3.66. The van der Waals surface area contributed by atoms with Gasteiger partial charge >= 0.3 is 0 Å². The van der Waals surface area contributed by atoms with Gasteiger partial charge < -0.3 is 9.32 Å². The molecule has 1 N–H and O–H groups in total. The first-order valence-electron chi connectivity index (χ1n) is 10.9. The number of aromatic nitrogens is 1. The summed E-state index contributed by atoms with van der Waals surface area (Å²) in [4.78, 5) is 42.6. The number of allylic oxidation sites excluding steroid dienone is 1. The maximum absolute atomic E-state index is 13.1. The van der Waals surface area contributed by atoms with E-state index in [0.717, 1.165) is 12.0 Å². The number of imide groups is 1. The molecule has 2 fully saturated rings. The molecule has 1 atom stereocenters. The minimum atomic E-state index is -0.606. The van der Waals surface area contributed by atoms with Crippen molar-refractivity contribution in [2.24, 2.45) is 5.41 Å². The molecule has 1 aliphatic carbocycles. The molecule has 3 amide bonds. The number of fused-ring (bicyclic) bond motifs is 1. The standard InChI is InChI=1S/C25H20FN3O4/c26-17-4-1-14(2-5-17)16-10-25(11-16)12-29(13-25)24(32)15-3-7-19-20(9-15)33-23(27-19)18-6-8-21(30)28-22(18)31/h1-5,7,9-10,18H,6,8,11-13H2,(H,28,30,31). The second kappa shape index (κ2) is 7.10. The predicted molar refractivity (Wildman–Crippen MR) is 116 cm³/mol. The van der Waals surface area contributed by atoms with Gasteiger partial charge in [-0.1, -0.05) is 18.2 Å². The molecular weight excluding hydrogens is 425 g/mol. The molecule has 1 aromatic heterocycles. The van der Waals surface area contributed by atoms with Crippen LogP contribution in [0.2, 0.25) is 0 Å². The third kappa shape index (κ3) is 3.33. The quantitative estimate of drug-likeness (QED) is 0.624. The zero-order valence-corrected chi connectivity index (χ0v) is 17.6. The largest absolute Gasteiger partial charge is 0.440 e. The number of nitrogens with one attached hydrogen (secondary N) is 1. The minimum Gasteiger partial charge on any atom is -0.440 e. The van der Waals surface area contributed by atoms with Gasteiger partial charge in [-0.05, 0) is 54.3 Å². The molecular formula is C25H20FN3O4. The van der Waals surface area contributed by atoms with Crippen molar-refractivity contribution in [2.45, 2.75) is 25.2 Å². The van der Waals surface area contributed by atoms with Crippen LogP contribution in [0.1, 0.15) is 47.0 Å². The van der Waals surface area contributed by atoms with Gasteiger partial charge in [0.2, 0.25) is 17.7 Å². The van der Waals surface area contributed by atoms with E-state index in [-0.39, 0.29) is 35.4 Å². The molecule has 0 saturated carbocycles. The summed E-state index contributed by atoms with van der Waals surface area (Å²) in [7, 11) is 0. The first-order valence-corrected chi connectivity index (χ1v) is 10.9. The lowest BCUT2D eigenvalue weighted by Crippen LogP contribution is -2.60. The van der Waals surface area contributed by atoms with Crippen molar-refractivity contribution in [3.63, 3.8) is 0 Å². The average molecular weight is 445 g/mol. The Bertz CT molecular complexity index is 1350. The van der Waals surface area contributed by atoms with Crippen molar-refractivity contribution < 1.29 is 23.2 Å². The number of halogens is 1. The smallest absolute Gasteiger partial charge is 0.254 e. The van der Waals surface area contributed by atoms with Gasteiger partial charge in [-0.25, -0.2) is 9.37 Å². The third-order valence-electron chi connectivity index (χ3n) is 6.73. The average Bonchev–Trinajstić information content (AvgIpc) is 3.15. The molecule has 1 unspecified atom stereocenters. The molecule has 8 heteroatoms. The van der Waals surface area contributed by atoms with Crippen molar-refractivity contribution in [3.05, 3.63) is 71.4 Å². The monoisotopic (exact) mass is 445 g/mol. The molecule has 2 aliphatic heterocycles. The fourth-order valence-corrected chi connectivity index (χ4v) is 4.97. The number of amides is 3. The van der Waals surface area contributed by atoms with Gasteiger partial charge in [0.25, 0.3) is 5.91 Å². The highest BCUT2D eigenvalue weighted by atomic mass is 19.1. The Morgan fingerprint density at radius 3 is 2.64 bits per heavy atom. The number of carbonyl (C=O) groups excluding carboxylic acids is 3. The number of hydrogen-bond donors (Lipinski definition) is 1. The molecule has 1 spiro atoms. The second-order valence-electron chi connectivity index (χ2n) is 9.12.